The molecule has 0 unspecified atom stereocenters. The van der Waals surface area contributed by atoms with Crippen LogP contribution in [0.5, 0.6) is 0 Å². The highest BCUT2D eigenvalue weighted by atomic mass is 32.1. The summed E-state index contributed by atoms with van der Waals surface area (Å²) >= 11 is 0.262. The molecule has 0 N–H and O–H groups in total. The van der Waals surface area contributed by atoms with Crippen LogP contribution < -0.4 is 0 Å². The fraction of sp³-hybridized carbons (Fsp3) is 0.417. The molecule has 23 heavy (non-hydrogen) atoms. The van der Waals surface area contributed by atoms with Crippen LogP contribution in [0.1, 0.15) is 11.8 Å². The molecule has 0 spiro atoms. The van der Waals surface area contributed by atoms with E-state index >= 15 is 0 Å². The van der Waals surface area contributed by atoms with Crippen LogP contribution in [-0.4, -0.2) is 30.6 Å². The molecule has 0 bridgehead atoms. The molecule has 0 atom stereocenters. The van der Waals surface area contributed by atoms with Crippen LogP contribution in [0.4, 0.5) is 35.1 Å². The maximum absolute atomic E-state index is 13.9. The highest BCUT2D eigenvalue weighted by Crippen LogP contribution is 2.53. The number of thiophene rings is 1. The van der Waals surface area contributed by atoms with Crippen molar-refractivity contribution in [2.75, 3.05) is 6.61 Å². The van der Waals surface area contributed by atoms with E-state index in [-0.39, 0.29) is 11.3 Å². The highest BCUT2D eigenvalue weighted by Gasteiger charge is 2.75. The number of carbonyl (C=O) groups excluding carboxylic acids is 1. The minimum absolute atomic E-state index is 0.262. The molecule has 1 aromatic rings. The predicted octanol–water partition coefficient (Wildman–Crippen LogP) is 4.82. The van der Waals surface area contributed by atoms with Gasteiger partial charge >= 0.3 is 24.0 Å². The quantitative estimate of drug-likeness (QED) is 0.423. The molecule has 0 aliphatic rings. The van der Waals surface area contributed by atoms with Crippen LogP contribution in [0.2, 0.25) is 0 Å². The first-order chi connectivity index (χ1) is 10.4. The SMILES string of the molecule is CCOC(=O)/C(F)=C(/c1cccs1)C(F)(F)C(F)(F)C(F)(F)F. The molecular weight excluding hydrogens is 360 g/mol. The third-order valence-electron chi connectivity index (χ3n) is 2.51. The number of esters is 1. The monoisotopic (exact) mass is 368 g/mol. The van der Waals surface area contributed by atoms with Gasteiger partial charge in [-0.1, -0.05) is 6.07 Å². The lowest BCUT2D eigenvalue weighted by atomic mass is 9.99. The number of ether oxygens (including phenoxy) is 1. The first-order valence-electron chi connectivity index (χ1n) is 5.81. The minimum atomic E-state index is -6.66. The Labute approximate surface area is 128 Å². The van der Waals surface area contributed by atoms with Crippen molar-refractivity contribution in [3.8, 4) is 0 Å². The van der Waals surface area contributed by atoms with E-state index in [0.717, 1.165) is 11.4 Å². The topological polar surface area (TPSA) is 26.3 Å². The van der Waals surface area contributed by atoms with Gasteiger partial charge in [0.1, 0.15) is 0 Å². The van der Waals surface area contributed by atoms with Crippen molar-refractivity contribution >= 4 is 22.9 Å². The zero-order valence-corrected chi connectivity index (χ0v) is 12.0. The zero-order chi connectivity index (χ0) is 18.1. The Bertz CT molecular complexity index is 589. The Morgan fingerprint density at radius 1 is 1.17 bits per heavy atom. The molecule has 0 saturated heterocycles. The van der Waals surface area contributed by atoms with Gasteiger partial charge in [0, 0.05) is 4.88 Å². The van der Waals surface area contributed by atoms with E-state index in [1.165, 1.54) is 6.92 Å². The van der Waals surface area contributed by atoms with E-state index in [0.29, 0.717) is 6.07 Å². The summed E-state index contributed by atoms with van der Waals surface area (Å²) in [5.74, 6) is -17.2. The van der Waals surface area contributed by atoms with Gasteiger partial charge in [0.25, 0.3) is 0 Å². The van der Waals surface area contributed by atoms with Crippen LogP contribution in [0.25, 0.3) is 5.57 Å². The smallest absolute Gasteiger partial charge is 0.460 e. The summed E-state index contributed by atoms with van der Waals surface area (Å²) in [6, 6.07) is 1.69. The van der Waals surface area contributed by atoms with E-state index in [2.05, 4.69) is 4.74 Å². The van der Waals surface area contributed by atoms with Crippen LogP contribution in [0, 0.1) is 0 Å². The summed E-state index contributed by atoms with van der Waals surface area (Å²) < 4.78 is 109. The van der Waals surface area contributed by atoms with Crippen molar-refractivity contribution in [2.24, 2.45) is 0 Å². The van der Waals surface area contributed by atoms with Gasteiger partial charge in [0.05, 0.1) is 12.2 Å². The number of hydrogen-bond acceptors (Lipinski definition) is 3. The summed E-state index contributed by atoms with van der Waals surface area (Å²) in [6.45, 7) is 0.670. The number of carbonyl (C=O) groups is 1. The Morgan fingerprint density at radius 3 is 2.13 bits per heavy atom. The van der Waals surface area contributed by atoms with Gasteiger partial charge in [-0.2, -0.15) is 35.1 Å². The molecule has 0 aromatic carbocycles. The number of alkyl halides is 7. The molecule has 0 aliphatic carbocycles. The largest absolute Gasteiger partial charge is 0.461 e. The van der Waals surface area contributed by atoms with E-state index < -0.39 is 46.9 Å². The summed E-state index contributed by atoms with van der Waals surface area (Å²) in [7, 11) is 0. The molecule has 0 fully saturated rings. The molecule has 0 radical (unpaired) electrons. The van der Waals surface area contributed by atoms with Crippen molar-refractivity contribution in [3.05, 3.63) is 28.2 Å². The third kappa shape index (κ3) is 3.48. The average molecular weight is 368 g/mol. The van der Waals surface area contributed by atoms with Gasteiger partial charge in [0.2, 0.25) is 5.83 Å². The Kier molecular flexibility index (Phi) is 5.45. The molecular formula is C12H8F8O2S. The van der Waals surface area contributed by atoms with Crippen LogP contribution in [-0.2, 0) is 9.53 Å². The minimum Gasteiger partial charge on any atom is -0.461 e. The molecule has 2 nitrogen and oxygen atoms in total. The maximum atomic E-state index is 13.9. The van der Waals surface area contributed by atoms with E-state index in [4.69, 9.17) is 0 Å². The summed E-state index contributed by atoms with van der Waals surface area (Å²) in [6.07, 6.45) is -6.66. The Balaban J connectivity index is 3.60. The molecule has 0 amide bonds. The summed E-state index contributed by atoms with van der Waals surface area (Å²) in [5, 5.41) is 1.04. The van der Waals surface area contributed by atoms with Crippen LogP contribution >= 0.6 is 11.3 Å². The van der Waals surface area contributed by atoms with E-state index in [9.17, 15) is 39.9 Å². The number of halogens is 8. The second-order valence-electron chi connectivity index (χ2n) is 4.03. The van der Waals surface area contributed by atoms with Gasteiger partial charge in [-0.15, -0.1) is 11.3 Å². The Hall–Kier alpha value is -1.65. The highest BCUT2D eigenvalue weighted by molar-refractivity contribution is 7.11. The second-order valence-corrected chi connectivity index (χ2v) is 4.98. The normalized spacial score (nSPS) is 14.5. The molecule has 1 heterocycles. The van der Waals surface area contributed by atoms with Gasteiger partial charge < -0.3 is 4.74 Å². The molecule has 0 saturated carbocycles. The van der Waals surface area contributed by atoms with Gasteiger partial charge in [0.15, 0.2) is 0 Å². The standard InChI is InChI=1S/C12H8F8O2S/c1-2-22-9(21)8(13)7(6-4-3-5-23-6)10(14,15)11(16,17)12(18,19)20/h3-5H,2H2,1H3/b8-7+. The summed E-state index contributed by atoms with van der Waals surface area (Å²) in [5.41, 5.74) is -2.37. The van der Waals surface area contributed by atoms with Crippen LogP contribution in [0.3, 0.4) is 0 Å². The van der Waals surface area contributed by atoms with Crippen molar-refractivity contribution in [3.63, 3.8) is 0 Å². The lowest BCUT2D eigenvalue weighted by Gasteiger charge is -2.29. The first kappa shape index (κ1) is 19.4. The molecule has 11 heteroatoms. The third-order valence-corrected chi connectivity index (χ3v) is 3.39. The molecule has 130 valence electrons. The average Bonchev–Trinajstić information content (AvgIpc) is 2.90. The van der Waals surface area contributed by atoms with Crippen molar-refractivity contribution in [1.82, 2.24) is 0 Å². The number of hydrogen-bond donors (Lipinski definition) is 0. The summed E-state index contributed by atoms with van der Waals surface area (Å²) in [4.78, 5) is 10.2. The van der Waals surface area contributed by atoms with Crippen LogP contribution in [0.15, 0.2) is 23.3 Å². The Morgan fingerprint density at radius 2 is 1.74 bits per heavy atom. The number of rotatable bonds is 5. The molecule has 1 rings (SSSR count). The number of allylic oxidation sites excluding steroid dienone is 1. The lowest BCUT2D eigenvalue weighted by Crippen LogP contribution is -2.52. The molecule has 1 aromatic heterocycles. The zero-order valence-electron chi connectivity index (χ0n) is 11.2. The predicted molar refractivity (Wildman–Crippen MR) is 64.9 cm³/mol. The lowest BCUT2D eigenvalue weighted by molar-refractivity contribution is -0.339. The van der Waals surface area contributed by atoms with Crippen molar-refractivity contribution in [1.29, 1.82) is 0 Å². The fourth-order valence-electron chi connectivity index (χ4n) is 1.45. The van der Waals surface area contributed by atoms with Gasteiger partial charge in [-0.3, -0.25) is 0 Å². The van der Waals surface area contributed by atoms with Crippen molar-refractivity contribution < 1.29 is 44.7 Å². The van der Waals surface area contributed by atoms with Crippen molar-refractivity contribution in [2.45, 2.75) is 24.9 Å². The van der Waals surface area contributed by atoms with E-state index in [1.807, 2.05) is 0 Å². The van der Waals surface area contributed by atoms with Gasteiger partial charge in [-0.25, -0.2) is 4.79 Å². The first-order valence-corrected chi connectivity index (χ1v) is 6.69. The fourth-order valence-corrected chi connectivity index (χ4v) is 2.25. The molecule has 0 aliphatic heterocycles. The maximum Gasteiger partial charge on any atom is 0.460 e. The van der Waals surface area contributed by atoms with Gasteiger partial charge in [-0.05, 0) is 18.4 Å². The second kappa shape index (κ2) is 6.46. The van der Waals surface area contributed by atoms with E-state index in [1.54, 1.807) is 0 Å².